The molecule has 9 heavy (non-hydrogen) atoms. The zero-order valence-corrected chi connectivity index (χ0v) is 6.02. The van der Waals surface area contributed by atoms with Crippen molar-refractivity contribution in [3.05, 3.63) is 5.92 Å². The van der Waals surface area contributed by atoms with Crippen LogP contribution in [0.1, 0.15) is 6.42 Å². The summed E-state index contributed by atoms with van der Waals surface area (Å²) >= 11 is 0. The lowest BCUT2D eigenvalue weighted by atomic mass is 10.3. The molecule has 1 aliphatic carbocycles. The molecule has 1 unspecified atom stereocenters. The Morgan fingerprint density at radius 2 is 2.22 bits per heavy atom. The van der Waals surface area contributed by atoms with Crippen LogP contribution in [-0.4, -0.2) is 27.4 Å². The third-order valence-electron chi connectivity index (χ3n) is 1.62. The van der Waals surface area contributed by atoms with E-state index in [-0.39, 0.29) is 0 Å². The molecule has 0 N–H and O–H groups in total. The van der Waals surface area contributed by atoms with Gasteiger partial charge in [-0.15, -0.1) is 0 Å². The molecule has 53 valence electrons. The molecule has 0 amide bonds. The molecule has 0 aromatic carbocycles. The molecule has 0 bridgehead atoms. The quantitative estimate of drug-likeness (QED) is 0.561. The van der Waals surface area contributed by atoms with Crippen LogP contribution in [-0.2, 0) is 9.47 Å². The van der Waals surface area contributed by atoms with Crippen LogP contribution in [0.4, 0.5) is 0 Å². The Morgan fingerprint density at radius 1 is 1.44 bits per heavy atom. The topological polar surface area (TPSA) is 18.5 Å². The first-order chi connectivity index (χ1) is 4.38. The van der Waals surface area contributed by atoms with Crippen molar-refractivity contribution in [1.82, 2.24) is 0 Å². The summed E-state index contributed by atoms with van der Waals surface area (Å²) in [7, 11) is 3.47. The summed E-state index contributed by atoms with van der Waals surface area (Å²) in [6.07, 6.45) is 1.21. The summed E-state index contributed by atoms with van der Waals surface area (Å²) in [4.78, 5) is 0. The van der Waals surface area contributed by atoms with E-state index in [4.69, 9.17) is 9.47 Å². The summed E-state index contributed by atoms with van der Waals surface area (Å²) in [6.45, 7) is 1.70. The van der Waals surface area contributed by atoms with E-state index in [9.17, 15) is 0 Å². The summed E-state index contributed by atoms with van der Waals surface area (Å²) in [6, 6.07) is 0. The van der Waals surface area contributed by atoms with Crippen molar-refractivity contribution >= 4 is 0 Å². The molecule has 2 heteroatoms. The van der Waals surface area contributed by atoms with Gasteiger partial charge in [-0.3, -0.25) is 0 Å². The van der Waals surface area contributed by atoms with E-state index in [1.807, 2.05) is 0 Å². The zero-order chi connectivity index (χ0) is 6.69. The van der Waals surface area contributed by atoms with Crippen LogP contribution in [0.3, 0.4) is 0 Å². The van der Waals surface area contributed by atoms with Gasteiger partial charge < -0.3 is 9.47 Å². The van der Waals surface area contributed by atoms with E-state index in [1.165, 1.54) is 12.3 Å². The van der Waals surface area contributed by atoms with Crippen LogP contribution in [0.25, 0.3) is 0 Å². The van der Waals surface area contributed by atoms with Crippen LogP contribution in [0, 0.1) is 11.8 Å². The van der Waals surface area contributed by atoms with Crippen molar-refractivity contribution in [2.24, 2.45) is 5.92 Å². The standard InChI is InChI=1S/C7H13O2/c1-8-4-6-3-7(6)5-9-2/h6H,3-5H2,1-2H3. The fraction of sp³-hybridized carbons (Fsp3) is 0.857. The molecule has 1 radical (unpaired) electrons. The van der Waals surface area contributed by atoms with E-state index in [0.717, 1.165) is 13.2 Å². The highest BCUT2D eigenvalue weighted by Gasteiger charge is 2.37. The third kappa shape index (κ3) is 1.95. The molecule has 0 aromatic heterocycles. The van der Waals surface area contributed by atoms with Gasteiger partial charge in [-0.05, 0) is 12.3 Å². The van der Waals surface area contributed by atoms with Gasteiger partial charge in [-0.1, -0.05) is 0 Å². The van der Waals surface area contributed by atoms with Gasteiger partial charge in [0.2, 0.25) is 0 Å². The van der Waals surface area contributed by atoms with Crippen LogP contribution < -0.4 is 0 Å². The van der Waals surface area contributed by atoms with Gasteiger partial charge in [0.15, 0.2) is 0 Å². The Balaban J connectivity index is 1.96. The molecule has 2 nitrogen and oxygen atoms in total. The van der Waals surface area contributed by atoms with Crippen LogP contribution in [0.5, 0.6) is 0 Å². The molecular weight excluding hydrogens is 116 g/mol. The number of hydrogen-bond donors (Lipinski definition) is 0. The fourth-order valence-corrected chi connectivity index (χ4v) is 0.998. The summed E-state index contributed by atoms with van der Waals surface area (Å²) in [5, 5.41) is 0. The van der Waals surface area contributed by atoms with Gasteiger partial charge >= 0.3 is 0 Å². The van der Waals surface area contributed by atoms with Gasteiger partial charge in [0.25, 0.3) is 0 Å². The van der Waals surface area contributed by atoms with E-state index < -0.39 is 0 Å². The number of ether oxygens (including phenoxy) is 2. The SMILES string of the molecule is COC[C]1CC1COC. The number of rotatable bonds is 4. The lowest BCUT2D eigenvalue weighted by Crippen LogP contribution is -1.96. The highest BCUT2D eigenvalue weighted by atomic mass is 16.5. The highest BCUT2D eigenvalue weighted by molar-refractivity contribution is 5.13. The van der Waals surface area contributed by atoms with E-state index >= 15 is 0 Å². The number of hydrogen-bond acceptors (Lipinski definition) is 2. The zero-order valence-electron chi connectivity index (χ0n) is 6.02. The number of methoxy groups -OCH3 is 2. The lowest BCUT2D eigenvalue weighted by Gasteiger charge is -1.95. The lowest BCUT2D eigenvalue weighted by molar-refractivity contribution is 0.177. The minimum Gasteiger partial charge on any atom is -0.384 e. The minimum absolute atomic E-state index is 0.704. The molecule has 0 aliphatic heterocycles. The second-order valence-electron chi connectivity index (χ2n) is 2.45. The first-order valence-corrected chi connectivity index (χ1v) is 3.21. The van der Waals surface area contributed by atoms with Gasteiger partial charge in [0.05, 0.1) is 6.61 Å². The molecule has 0 spiro atoms. The second kappa shape index (κ2) is 3.18. The van der Waals surface area contributed by atoms with Crippen molar-refractivity contribution in [2.75, 3.05) is 27.4 Å². The van der Waals surface area contributed by atoms with Crippen molar-refractivity contribution in [3.8, 4) is 0 Å². The average molecular weight is 129 g/mol. The first-order valence-electron chi connectivity index (χ1n) is 3.21. The Labute approximate surface area is 56.2 Å². The van der Waals surface area contributed by atoms with Gasteiger partial charge in [0, 0.05) is 26.7 Å². The largest absolute Gasteiger partial charge is 0.384 e. The summed E-state index contributed by atoms with van der Waals surface area (Å²) in [5.74, 6) is 2.20. The normalized spacial score (nSPS) is 26.7. The third-order valence-corrected chi connectivity index (χ3v) is 1.62. The van der Waals surface area contributed by atoms with E-state index in [1.54, 1.807) is 14.2 Å². The van der Waals surface area contributed by atoms with Crippen LogP contribution in [0.15, 0.2) is 0 Å². The van der Waals surface area contributed by atoms with Gasteiger partial charge in [0.1, 0.15) is 0 Å². The maximum atomic E-state index is 4.97. The van der Waals surface area contributed by atoms with Crippen molar-refractivity contribution in [2.45, 2.75) is 6.42 Å². The molecule has 1 fully saturated rings. The molecular formula is C7H13O2. The van der Waals surface area contributed by atoms with Crippen molar-refractivity contribution in [1.29, 1.82) is 0 Å². The summed E-state index contributed by atoms with van der Waals surface area (Å²) < 4.78 is 9.92. The molecule has 0 saturated heterocycles. The fourth-order valence-electron chi connectivity index (χ4n) is 0.998. The Kier molecular flexibility index (Phi) is 2.49. The second-order valence-corrected chi connectivity index (χ2v) is 2.45. The Morgan fingerprint density at radius 3 is 2.78 bits per heavy atom. The van der Waals surface area contributed by atoms with E-state index in [2.05, 4.69) is 0 Å². The van der Waals surface area contributed by atoms with E-state index in [0.29, 0.717) is 5.92 Å². The predicted octanol–water partition coefficient (Wildman–Crippen LogP) is 0.874. The molecule has 1 rings (SSSR count). The van der Waals surface area contributed by atoms with Gasteiger partial charge in [-0.25, -0.2) is 0 Å². The summed E-state index contributed by atoms with van der Waals surface area (Å²) in [5.41, 5.74) is 0. The molecule has 0 aromatic rings. The maximum absolute atomic E-state index is 4.97. The highest BCUT2D eigenvalue weighted by Crippen LogP contribution is 2.40. The molecule has 1 atom stereocenters. The molecule has 0 heterocycles. The Bertz CT molecular complexity index is 73.0. The Hall–Kier alpha value is -0.0800. The maximum Gasteiger partial charge on any atom is 0.0528 e. The molecule has 1 aliphatic rings. The van der Waals surface area contributed by atoms with Crippen molar-refractivity contribution < 1.29 is 9.47 Å². The van der Waals surface area contributed by atoms with Gasteiger partial charge in [-0.2, -0.15) is 0 Å². The monoisotopic (exact) mass is 129 g/mol. The first kappa shape index (κ1) is 7.03. The van der Waals surface area contributed by atoms with Crippen molar-refractivity contribution in [3.63, 3.8) is 0 Å². The predicted molar refractivity (Wildman–Crippen MR) is 35.1 cm³/mol. The van der Waals surface area contributed by atoms with Crippen LogP contribution >= 0.6 is 0 Å². The molecule has 1 saturated carbocycles. The van der Waals surface area contributed by atoms with Crippen LogP contribution in [0.2, 0.25) is 0 Å². The minimum atomic E-state index is 0.704. The smallest absolute Gasteiger partial charge is 0.0528 e. The average Bonchev–Trinajstić information content (AvgIpc) is 2.50.